The number of halogens is 2. The van der Waals surface area contributed by atoms with Crippen LogP contribution in [0.25, 0.3) is 0 Å². The van der Waals surface area contributed by atoms with Gasteiger partial charge >= 0.3 is 134 Å². The fraction of sp³-hybridized carbons (Fsp3) is 0.0909. The summed E-state index contributed by atoms with van der Waals surface area (Å²) in [4.78, 5) is 8.10. The maximum absolute atomic E-state index is 12.0. The topological polar surface area (TPSA) is 72.0 Å². The molecule has 0 saturated heterocycles. The number of aromatic nitrogens is 2. The zero-order valence-electron chi connectivity index (χ0n) is 10.3. The number of hydrogen-bond donors (Lipinski definition) is 1. The zero-order chi connectivity index (χ0) is 14.8. The van der Waals surface area contributed by atoms with Crippen LogP contribution in [0.2, 0.25) is 10.3 Å². The van der Waals surface area contributed by atoms with E-state index in [1.807, 2.05) is 0 Å². The molecule has 5 nitrogen and oxygen atoms in total. The minimum atomic E-state index is -3.51. The fourth-order valence-corrected chi connectivity index (χ4v) is 6.11. The Kier molecular flexibility index (Phi) is 5.04. The molecule has 1 aromatic carbocycles. The van der Waals surface area contributed by atoms with Crippen molar-refractivity contribution in [2.45, 2.75) is 4.90 Å². The number of sulfonamides is 1. The molecule has 0 aliphatic heterocycles. The van der Waals surface area contributed by atoms with Gasteiger partial charge in [-0.25, -0.2) is 0 Å². The molecule has 0 bridgehead atoms. The van der Waals surface area contributed by atoms with E-state index in [0.717, 1.165) is 0 Å². The summed E-state index contributed by atoms with van der Waals surface area (Å²) < 4.78 is 27.6. The van der Waals surface area contributed by atoms with Crippen LogP contribution < -0.4 is 13.6 Å². The Morgan fingerprint density at radius 1 is 1.25 bits per heavy atom. The van der Waals surface area contributed by atoms with Gasteiger partial charge in [0.15, 0.2) is 0 Å². The molecule has 0 aliphatic rings. The molecule has 0 spiro atoms. The van der Waals surface area contributed by atoms with Gasteiger partial charge in [0.05, 0.1) is 0 Å². The third kappa shape index (κ3) is 3.51. The molecule has 1 aromatic heterocycles. The quantitative estimate of drug-likeness (QED) is 0.589. The average molecular weight is 394 g/mol. The first-order chi connectivity index (χ1) is 9.44. The molecule has 2 rings (SSSR count). The Hall–Kier alpha value is -0.652. The van der Waals surface area contributed by atoms with Crippen LogP contribution in [-0.4, -0.2) is 41.2 Å². The molecular formula is C11H10AsCl2N3O2S. The van der Waals surface area contributed by atoms with Gasteiger partial charge in [-0.05, 0) is 0 Å². The molecule has 1 atom stereocenters. The summed E-state index contributed by atoms with van der Waals surface area (Å²) in [7, 11) is -2.13. The molecule has 9 heteroatoms. The monoisotopic (exact) mass is 393 g/mol. The number of nitrogens with zero attached hydrogens (tertiary/aromatic N) is 2. The van der Waals surface area contributed by atoms with Gasteiger partial charge in [0.1, 0.15) is 0 Å². The molecule has 1 N–H and O–H groups in total. The van der Waals surface area contributed by atoms with E-state index in [1.165, 1.54) is 13.2 Å². The van der Waals surface area contributed by atoms with Crippen molar-refractivity contribution < 1.29 is 8.42 Å². The predicted molar refractivity (Wildman–Crippen MR) is 81.2 cm³/mol. The molecule has 0 fully saturated rings. The van der Waals surface area contributed by atoms with Crippen molar-refractivity contribution in [3.8, 4) is 0 Å². The molecule has 0 aliphatic carbocycles. The Morgan fingerprint density at radius 3 is 2.65 bits per heavy atom. The van der Waals surface area contributed by atoms with E-state index in [0.29, 0.717) is 13.9 Å². The molecule has 0 amide bonds. The standard InChI is InChI=1S/C11H10AsCl2N3O2S/c1-15-20(18,19)9-5-3-2-4-7(9)12-10-8(13)6-16-11(14)17-10/h2-6,12,15H,1H3. The van der Waals surface area contributed by atoms with E-state index in [1.54, 1.807) is 24.3 Å². The van der Waals surface area contributed by atoms with E-state index in [4.69, 9.17) is 23.2 Å². The summed E-state index contributed by atoms with van der Waals surface area (Å²) in [6.45, 7) is 0. The fourth-order valence-electron chi connectivity index (χ4n) is 1.48. The van der Waals surface area contributed by atoms with Gasteiger partial charge in [0, 0.05) is 0 Å². The Morgan fingerprint density at radius 2 is 1.95 bits per heavy atom. The Labute approximate surface area is 133 Å². The van der Waals surface area contributed by atoms with Crippen molar-refractivity contribution in [2.24, 2.45) is 0 Å². The summed E-state index contributed by atoms with van der Waals surface area (Å²) in [6, 6.07) is 6.77. The SMILES string of the molecule is CNS(=O)(=O)c1ccccc1[AsH]c1nc(Cl)ncc1Cl. The molecule has 1 unspecified atom stereocenters. The van der Waals surface area contributed by atoms with Crippen LogP contribution in [0.15, 0.2) is 35.4 Å². The Bertz CT molecular complexity index is 740. The summed E-state index contributed by atoms with van der Waals surface area (Å²) in [5.41, 5.74) is 0. The number of rotatable bonds is 4. The van der Waals surface area contributed by atoms with Crippen molar-refractivity contribution in [3.05, 3.63) is 40.8 Å². The van der Waals surface area contributed by atoms with Gasteiger partial charge in [0.2, 0.25) is 0 Å². The van der Waals surface area contributed by atoms with Crippen LogP contribution in [-0.2, 0) is 10.0 Å². The van der Waals surface area contributed by atoms with Gasteiger partial charge in [-0.15, -0.1) is 0 Å². The number of nitrogens with one attached hydrogen (secondary N) is 1. The molecule has 1 heterocycles. The first kappa shape index (κ1) is 15.7. The first-order valence-corrected chi connectivity index (χ1v) is 9.75. The molecule has 20 heavy (non-hydrogen) atoms. The van der Waals surface area contributed by atoms with Gasteiger partial charge in [-0.3, -0.25) is 0 Å². The second-order valence-corrected chi connectivity index (χ2v) is 8.91. The molecule has 106 valence electrons. The normalized spacial score (nSPS) is 12.2. The van der Waals surface area contributed by atoms with Crippen LogP contribution in [0.3, 0.4) is 0 Å². The van der Waals surface area contributed by atoms with Gasteiger partial charge in [-0.2, -0.15) is 0 Å². The molecule has 2 aromatic rings. The number of hydrogen-bond acceptors (Lipinski definition) is 4. The van der Waals surface area contributed by atoms with Gasteiger partial charge in [-0.1, -0.05) is 0 Å². The first-order valence-electron chi connectivity index (χ1n) is 5.41. The van der Waals surface area contributed by atoms with Crippen LogP contribution in [0.4, 0.5) is 0 Å². The van der Waals surface area contributed by atoms with Crippen LogP contribution >= 0.6 is 23.2 Å². The predicted octanol–water partition coefficient (Wildman–Crippen LogP) is 0.0788. The minimum absolute atomic E-state index is 0.0992. The Balaban J connectivity index is 2.47. The van der Waals surface area contributed by atoms with Crippen LogP contribution in [0.1, 0.15) is 0 Å². The van der Waals surface area contributed by atoms with Crippen molar-refractivity contribution in [1.82, 2.24) is 14.7 Å². The zero-order valence-corrected chi connectivity index (χ0v) is 14.7. The third-order valence-electron chi connectivity index (χ3n) is 2.41. The summed E-state index contributed by atoms with van der Waals surface area (Å²) in [5, 5.41) is 0.494. The third-order valence-corrected chi connectivity index (χ3v) is 7.83. The second-order valence-electron chi connectivity index (χ2n) is 3.66. The second kappa shape index (κ2) is 6.41. The number of benzene rings is 1. The molecule has 0 saturated carbocycles. The van der Waals surface area contributed by atoms with E-state index < -0.39 is 25.8 Å². The van der Waals surface area contributed by atoms with Crippen LogP contribution in [0.5, 0.6) is 0 Å². The van der Waals surface area contributed by atoms with Crippen molar-refractivity contribution in [1.29, 1.82) is 0 Å². The van der Waals surface area contributed by atoms with E-state index in [-0.39, 0.29) is 10.2 Å². The van der Waals surface area contributed by atoms with Crippen LogP contribution in [0, 0.1) is 0 Å². The molecule has 0 radical (unpaired) electrons. The summed E-state index contributed by atoms with van der Waals surface area (Å²) in [6.07, 6.45) is 1.42. The van der Waals surface area contributed by atoms with Crippen molar-refractivity contribution in [2.75, 3.05) is 7.05 Å². The average Bonchev–Trinajstić information content (AvgIpc) is 2.43. The van der Waals surface area contributed by atoms with E-state index >= 15 is 0 Å². The van der Waals surface area contributed by atoms with Crippen molar-refractivity contribution in [3.63, 3.8) is 0 Å². The summed E-state index contributed by atoms with van der Waals surface area (Å²) in [5.74, 6) is 0. The molecular weight excluding hydrogens is 384 g/mol. The van der Waals surface area contributed by atoms with E-state index in [9.17, 15) is 8.42 Å². The van der Waals surface area contributed by atoms with E-state index in [2.05, 4.69) is 14.7 Å². The van der Waals surface area contributed by atoms with Crippen molar-refractivity contribution >= 4 is 57.8 Å². The maximum atomic E-state index is 12.0. The summed E-state index contributed by atoms with van der Waals surface area (Å²) >= 11 is 10.7. The van der Waals surface area contributed by atoms with Gasteiger partial charge < -0.3 is 0 Å². The van der Waals surface area contributed by atoms with Gasteiger partial charge in [0.25, 0.3) is 0 Å².